The summed E-state index contributed by atoms with van der Waals surface area (Å²) in [5, 5.41) is 0.339. The van der Waals surface area contributed by atoms with Gasteiger partial charge in [-0.1, -0.05) is 20.8 Å². The Bertz CT molecular complexity index is 183. The lowest BCUT2D eigenvalue weighted by molar-refractivity contribution is 0.329. The average Bonchev–Trinajstić information content (AvgIpc) is 2.03. The van der Waals surface area contributed by atoms with Gasteiger partial charge in [-0.15, -0.1) is 23.5 Å². The summed E-state index contributed by atoms with van der Waals surface area (Å²) in [6, 6.07) is 0. The second-order valence-electron chi connectivity index (χ2n) is 5.26. The van der Waals surface area contributed by atoms with Gasteiger partial charge in [0.15, 0.2) is 8.32 Å². The Hall–Kier alpha value is 0.877. The molecule has 0 atom stereocenters. The summed E-state index contributed by atoms with van der Waals surface area (Å²) in [4.78, 5) is 0. The van der Waals surface area contributed by atoms with Crippen molar-refractivity contribution in [3.8, 4) is 0 Å². The lowest BCUT2D eigenvalue weighted by Gasteiger charge is -2.39. The molecule has 0 bridgehead atoms. The van der Waals surface area contributed by atoms with Crippen LogP contribution >= 0.6 is 23.5 Å². The molecule has 0 unspecified atom stereocenters. The van der Waals surface area contributed by atoms with Crippen LogP contribution < -0.4 is 0 Å². The first-order valence-corrected chi connectivity index (χ1v) is 10.2. The molecule has 1 rings (SSSR count). The Balaban J connectivity index is 2.49. The van der Waals surface area contributed by atoms with E-state index in [9.17, 15) is 0 Å². The van der Waals surface area contributed by atoms with Gasteiger partial charge in [0.1, 0.15) is 4.77 Å². The summed E-state index contributed by atoms with van der Waals surface area (Å²) >= 11 is 3.96. The second-order valence-corrected chi connectivity index (χ2v) is 12.7. The maximum absolute atomic E-state index is 6.31. The van der Waals surface area contributed by atoms with Crippen molar-refractivity contribution in [3.63, 3.8) is 0 Å². The quantitative estimate of drug-likeness (QED) is 0.681. The number of hydrogen-bond acceptors (Lipinski definition) is 3. The average molecular weight is 251 g/mol. The first kappa shape index (κ1) is 12.9. The Kier molecular flexibility index (Phi) is 4.45. The van der Waals surface area contributed by atoms with E-state index in [4.69, 9.17) is 4.43 Å². The topological polar surface area (TPSA) is 9.23 Å². The zero-order valence-corrected chi connectivity index (χ0v) is 12.6. The molecule has 0 aromatic carbocycles. The van der Waals surface area contributed by atoms with Crippen LogP contribution in [-0.2, 0) is 4.43 Å². The summed E-state index contributed by atoms with van der Waals surface area (Å²) in [5.41, 5.74) is 0. The Labute approximate surface area is 97.9 Å². The highest BCUT2D eigenvalue weighted by atomic mass is 32.2. The Morgan fingerprint density at radius 2 is 1.64 bits per heavy atom. The summed E-state index contributed by atoms with van der Waals surface area (Å²) < 4.78 is 6.72. The molecule has 1 aliphatic heterocycles. The Morgan fingerprint density at radius 1 is 1.14 bits per heavy atom. The van der Waals surface area contributed by atoms with Crippen LogP contribution in [0.1, 0.15) is 27.2 Å². The van der Waals surface area contributed by atoms with Gasteiger partial charge in [0.2, 0.25) is 0 Å². The van der Waals surface area contributed by atoms with E-state index < -0.39 is 8.32 Å². The molecule has 4 heteroatoms. The van der Waals surface area contributed by atoms with Crippen molar-refractivity contribution in [2.24, 2.45) is 0 Å². The van der Waals surface area contributed by atoms with Gasteiger partial charge in [0.05, 0.1) is 0 Å². The molecule has 0 aromatic rings. The molecule has 1 fully saturated rings. The summed E-state index contributed by atoms with van der Waals surface area (Å²) in [5.74, 6) is 2.54. The lowest BCUT2D eigenvalue weighted by atomic mass is 10.2. The highest BCUT2D eigenvalue weighted by molar-refractivity contribution is 8.17. The number of rotatable bonds is 2. The molecular weight excluding hydrogens is 228 g/mol. The van der Waals surface area contributed by atoms with Crippen molar-refractivity contribution >= 4 is 31.8 Å². The zero-order valence-electron chi connectivity index (χ0n) is 9.92. The first-order chi connectivity index (χ1) is 6.33. The molecule has 0 aliphatic carbocycles. The molecule has 0 aromatic heterocycles. The summed E-state index contributed by atoms with van der Waals surface area (Å²) in [6.45, 7) is 11.6. The number of hydrogen-bond donors (Lipinski definition) is 0. The maximum atomic E-state index is 6.31. The van der Waals surface area contributed by atoms with E-state index in [1.807, 2.05) is 23.5 Å². The third kappa shape index (κ3) is 3.47. The van der Waals surface area contributed by atoms with Crippen molar-refractivity contribution in [3.05, 3.63) is 0 Å². The molecule has 0 saturated carbocycles. The van der Waals surface area contributed by atoms with E-state index in [2.05, 4.69) is 33.9 Å². The van der Waals surface area contributed by atoms with Crippen LogP contribution in [0.5, 0.6) is 0 Å². The van der Waals surface area contributed by atoms with Gasteiger partial charge in [-0.05, 0) is 36.1 Å². The highest BCUT2D eigenvalue weighted by Crippen LogP contribution is 2.42. The molecule has 0 N–H and O–H groups in total. The maximum Gasteiger partial charge on any atom is 0.194 e. The van der Waals surface area contributed by atoms with Crippen molar-refractivity contribution in [1.29, 1.82) is 0 Å². The molecule has 1 saturated heterocycles. The van der Waals surface area contributed by atoms with Gasteiger partial charge >= 0.3 is 0 Å². The second kappa shape index (κ2) is 4.81. The molecule has 84 valence electrons. The predicted octanol–water partition coefficient (Wildman–Crippen LogP) is 4.16. The predicted molar refractivity (Wildman–Crippen MR) is 71.6 cm³/mol. The van der Waals surface area contributed by atoms with Gasteiger partial charge in [-0.2, -0.15) is 0 Å². The lowest BCUT2D eigenvalue weighted by Crippen LogP contribution is -2.43. The minimum atomic E-state index is -1.53. The van der Waals surface area contributed by atoms with Crippen molar-refractivity contribution in [1.82, 2.24) is 0 Å². The minimum Gasteiger partial charge on any atom is -0.397 e. The van der Waals surface area contributed by atoms with Crippen LogP contribution in [0.3, 0.4) is 0 Å². The van der Waals surface area contributed by atoms with E-state index in [0.29, 0.717) is 9.81 Å². The van der Waals surface area contributed by atoms with Crippen molar-refractivity contribution in [2.75, 3.05) is 11.5 Å². The fraction of sp³-hybridized carbons (Fsp3) is 1.00. The van der Waals surface area contributed by atoms with Crippen LogP contribution in [0.15, 0.2) is 0 Å². The van der Waals surface area contributed by atoms with Crippen LogP contribution in [0, 0.1) is 0 Å². The third-order valence-electron chi connectivity index (χ3n) is 2.99. The molecule has 0 radical (unpaired) electrons. The van der Waals surface area contributed by atoms with E-state index >= 15 is 0 Å². The van der Waals surface area contributed by atoms with Crippen LogP contribution in [0.4, 0.5) is 0 Å². The van der Waals surface area contributed by atoms with Crippen molar-refractivity contribution < 1.29 is 4.43 Å². The largest absolute Gasteiger partial charge is 0.397 e. The van der Waals surface area contributed by atoms with Crippen molar-refractivity contribution in [2.45, 2.75) is 50.1 Å². The molecule has 1 aliphatic rings. The standard InChI is InChI=1S/C10H22OS2Si/c1-10(2,3)14(4,5)11-9-12-7-6-8-13-9/h9H,6-8H2,1-5H3. The van der Waals surface area contributed by atoms with E-state index in [1.54, 1.807) is 0 Å². The van der Waals surface area contributed by atoms with Gasteiger partial charge < -0.3 is 4.43 Å². The molecule has 0 amide bonds. The smallest absolute Gasteiger partial charge is 0.194 e. The van der Waals surface area contributed by atoms with Crippen LogP contribution in [0.25, 0.3) is 0 Å². The molecule has 14 heavy (non-hydrogen) atoms. The molecule has 1 nitrogen and oxygen atoms in total. The Morgan fingerprint density at radius 3 is 2.07 bits per heavy atom. The van der Waals surface area contributed by atoms with Gasteiger partial charge in [0, 0.05) is 0 Å². The van der Waals surface area contributed by atoms with Crippen LogP contribution in [-0.4, -0.2) is 24.6 Å². The molecule has 1 heterocycles. The SMILES string of the molecule is CC(C)(C)[Si](C)(C)OC1SCCCS1. The number of thioether (sulfide) groups is 2. The molecular formula is C10H22OS2Si. The fourth-order valence-corrected chi connectivity index (χ4v) is 5.93. The fourth-order valence-electron chi connectivity index (χ4n) is 0.952. The van der Waals surface area contributed by atoms with E-state index in [0.717, 1.165) is 0 Å². The van der Waals surface area contributed by atoms with Gasteiger partial charge in [-0.3, -0.25) is 0 Å². The monoisotopic (exact) mass is 250 g/mol. The van der Waals surface area contributed by atoms with Gasteiger partial charge in [0.25, 0.3) is 0 Å². The normalized spacial score (nSPS) is 21.2. The van der Waals surface area contributed by atoms with E-state index in [1.165, 1.54) is 17.9 Å². The highest BCUT2D eigenvalue weighted by Gasteiger charge is 2.39. The minimum absolute atomic E-state index is 0.339. The first-order valence-electron chi connectivity index (χ1n) is 5.24. The van der Waals surface area contributed by atoms with Crippen LogP contribution in [0.2, 0.25) is 18.1 Å². The van der Waals surface area contributed by atoms with Gasteiger partial charge in [-0.25, -0.2) is 0 Å². The zero-order chi connectivity index (χ0) is 10.8. The molecule has 0 spiro atoms. The van der Waals surface area contributed by atoms with E-state index in [-0.39, 0.29) is 0 Å². The summed E-state index contributed by atoms with van der Waals surface area (Å²) in [6.07, 6.45) is 1.34. The summed E-state index contributed by atoms with van der Waals surface area (Å²) in [7, 11) is -1.53. The third-order valence-corrected chi connectivity index (χ3v) is 10.4.